The second-order valence-corrected chi connectivity index (χ2v) is 6.59. The van der Waals surface area contributed by atoms with E-state index in [-0.39, 0.29) is 6.10 Å². The van der Waals surface area contributed by atoms with Crippen LogP contribution in [0.5, 0.6) is 0 Å². The zero-order valence-corrected chi connectivity index (χ0v) is 14.4. The van der Waals surface area contributed by atoms with E-state index in [4.69, 9.17) is 19.3 Å². The third-order valence-electron chi connectivity index (χ3n) is 3.55. The third-order valence-corrected chi connectivity index (χ3v) is 3.55. The Hall–Kier alpha value is -1.30. The van der Waals surface area contributed by atoms with Crippen molar-refractivity contribution in [1.29, 1.82) is 0 Å². The van der Waals surface area contributed by atoms with Crippen molar-refractivity contribution in [3.8, 4) is 0 Å². The molecule has 5 N–H and O–H groups in total. The van der Waals surface area contributed by atoms with Gasteiger partial charge in [0.15, 0.2) is 12.4 Å². The molecule has 1 fully saturated rings. The SMILES string of the molecule is CC(C)O[C@@H]1O[C@@H](CO)[C@@H](OC(=O)C[C@](C)(O)CC(=O)O)[C@@H](O)[C@H]1O. The Morgan fingerprint density at radius 2 is 1.80 bits per heavy atom. The largest absolute Gasteiger partial charge is 0.481 e. The van der Waals surface area contributed by atoms with E-state index in [1.165, 1.54) is 0 Å². The summed E-state index contributed by atoms with van der Waals surface area (Å²) in [5, 5.41) is 48.1. The van der Waals surface area contributed by atoms with Crippen molar-refractivity contribution in [3.05, 3.63) is 0 Å². The first kappa shape index (κ1) is 21.7. The molecular weight excluding hydrogens is 340 g/mol. The Kier molecular flexibility index (Phi) is 7.72. The smallest absolute Gasteiger partial charge is 0.309 e. The van der Waals surface area contributed by atoms with Crippen LogP contribution in [0.15, 0.2) is 0 Å². The summed E-state index contributed by atoms with van der Waals surface area (Å²) in [7, 11) is 0. The van der Waals surface area contributed by atoms with Crippen LogP contribution in [0.3, 0.4) is 0 Å². The van der Waals surface area contributed by atoms with E-state index in [0.717, 1.165) is 6.92 Å². The summed E-state index contributed by atoms with van der Waals surface area (Å²) in [4.78, 5) is 22.6. The van der Waals surface area contributed by atoms with Gasteiger partial charge in [0, 0.05) is 0 Å². The number of ether oxygens (including phenoxy) is 3. The first-order valence-corrected chi connectivity index (χ1v) is 7.88. The molecule has 1 saturated heterocycles. The fourth-order valence-corrected chi connectivity index (χ4v) is 2.47. The topological polar surface area (TPSA) is 163 Å². The van der Waals surface area contributed by atoms with E-state index in [2.05, 4.69) is 0 Å². The molecule has 0 saturated carbocycles. The van der Waals surface area contributed by atoms with Gasteiger partial charge in [-0.05, 0) is 20.8 Å². The number of carboxylic acid groups (broad SMARTS) is 1. The molecule has 6 atom stereocenters. The number of rotatable bonds is 8. The molecule has 10 nitrogen and oxygen atoms in total. The Labute approximate surface area is 144 Å². The lowest BCUT2D eigenvalue weighted by Crippen LogP contribution is -2.61. The molecule has 146 valence electrons. The van der Waals surface area contributed by atoms with Crippen molar-refractivity contribution in [3.63, 3.8) is 0 Å². The number of carbonyl (C=O) groups excluding carboxylic acids is 1. The minimum Gasteiger partial charge on any atom is -0.481 e. The maximum Gasteiger partial charge on any atom is 0.309 e. The highest BCUT2D eigenvalue weighted by Crippen LogP contribution is 2.26. The van der Waals surface area contributed by atoms with E-state index in [0.29, 0.717) is 0 Å². The van der Waals surface area contributed by atoms with E-state index in [1.807, 2.05) is 0 Å². The van der Waals surface area contributed by atoms with E-state index in [1.54, 1.807) is 13.8 Å². The van der Waals surface area contributed by atoms with Crippen molar-refractivity contribution < 1.29 is 49.3 Å². The second-order valence-electron chi connectivity index (χ2n) is 6.59. The minimum atomic E-state index is -1.85. The average Bonchev–Trinajstić information content (AvgIpc) is 2.44. The van der Waals surface area contributed by atoms with Crippen LogP contribution in [0.1, 0.15) is 33.6 Å². The van der Waals surface area contributed by atoms with Gasteiger partial charge < -0.3 is 39.7 Å². The minimum absolute atomic E-state index is 0.323. The maximum atomic E-state index is 11.9. The van der Waals surface area contributed by atoms with Gasteiger partial charge in [-0.25, -0.2) is 0 Å². The lowest BCUT2D eigenvalue weighted by Gasteiger charge is -2.42. The van der Waals surface area contributed by atoms with Crippen molar-refractivity contribution in [2.75, 3.05) is 6.61 Å². The first-order valence-electron chi connectivity index (χ1n) is 7.88. The predicted octanol–water partition coefficient (Wildman–Crippen LogP) is -1.62. The maximum absolute atomic E-state index is 11.9. The van der Waals surface area contributed by atoms with Crippen molar-refractivity contribution in [2.24, 2.45) is 0 Å². The van der Waals surface area contributed by atoms with Crippen LogP contribution in [0.25, 0.3) is 0 Å². The van der Waals surface area contributed by atoms with Gasteiger partial charge in [-0.15, -0.1) is 0 Å². The molecule has 1 heterocycles. The van der Waals surface area contributed by atoms with Crippen LogP contribution in [0.4, 0.5) is 0 Å². The molecule has 0 aromatic rings. The molecule has 0 bridgehead atoms. The molecule has 1 rings (SSSR count). The number of carboxylic acids is 1. The Bertz CT molecular complexity index is 461. The summed E-state index contributed by atoms with van der Waals surface area (Å²) >= 11 is 0. The first-order chi connectivity index (χ1) is 11.5. The van der Waals surface area contributed by atoms with Crippen LogP contribution in [-0.4, -0.2) is 86.5 Å². The van der Waals surface area contributed by atoms with Crippen LogP contribution in [-0.2, 0) is 23.8 Å². The molecule has 0 amide bonds. The van der Waals surface area contributed by atoms with Gasteiger partial charge in [0.25, 0.3) is 0 Å². The Morgan fingerprint density at radius 1 is 1.20 bits per heavy atom. The standard InChI is InChI=1S/C15H26O10/c1-7(2)23-14-12(21)11(20)13(8(6-16)24-14)25-10(19)5-15(3,22)4-9(17)18/h7-8,11-14,16,20-22H,4-6H2,1-3H3,(H,17,18)/t8-,11-,12+,13+,14+,15+/m0/s1. The highest BCUT2D eigenvalue weighted by atomic mass is 16.7. The summed E-state index contributed by atoms with van der Waals surface area (Å²) in [5.41, 5.74) is -1.85. The van der Waals surface area contributed by atoms with Gasteiger partial charge in [0.05, 0.1) is 31.2 Å². The third kappa shape index (κ3) is 6.49. The van der Waals surface area contributed by atoms with Gasteiger partial charge in [0.2, 0.25) is 0 Å². The van der Waals surface area contributed by atoms with E-state index < -0.39 is 67.7 Å². The molecule has 1 aliphatic rings. The molecule has 25 heavy (non-hydrogen) atoms. The molecule has 10 heteroatoms. The lowest BCUT2D eigenvalue weighted by molar-refractivity contribution is -0.310. The summed E-state index contributed by atoms with van der Waals surface area (Å²) in [6.45, 7) is 3.91. The van der Waals surface area contributed by atoms with Gasteiger partial charge in [-0.1, -0.05) is 0 Å². The molecule has 1 aliphatic heterocycles. The molecule has 0 aromatic heterocycles. The van der Waals surface area contributed by atoms with E-state index in [9.17, 15) is 30.0 Å². The highest BCUT2D eigenvalue weighted by molar-refractivity contribution is 5.74. The number of hydrogen-bond donors (Lipinski definition) is 5. The number of esters is 1. The lowest BCUT2D eigenvalue weighted by atomic mass is 9.97. The van der Waals surface area contributed by atoms with Crippen molar-refractivity contribution in [2.45, 2.75) is 76.0 Å². The quantitative estimate of drug-likeness (QED) is 0.315. The van der Waals surface area contributed by atoms with Crippen LogP contribution in [0, 0.1) is 0 Å². The molecule has 0 unspecified atom stereocenters. The normalized spacial score (nSPS) is 32.2. The molecule has 0 spiro atoms. The fourth-order valence-electron chi connectivity index (χ4n) is 2.47. The van der Waals surface area contributed by atoms with Crippen LogP contribution < -0.4 is 0 Å². The molecule has 0 aliphatic carbocycles. The summed E-state index contributed by atoms with van der Waals surface area (Å²) in [6.07, 6.45) is -8.54. The Balaban J connectivity index is 2.76. The monoisotopic (exact) mass is 366 g/mol. The zero-order valence-electron chi connectivity index (χ0n) is 14.4. The molecule has 0 radical (unpaired) electrons. The Morgan fingerprint density at radius 3 is 2.28 bits per heavy atom. The number of aliphatic carboxylic acids is 1. The number of aliphatic hydroxyl groups excluding tert-OH is 3. The number of hydrogen-bond acceptors (Lipinski definition) is 9. The fraction of sp³-hybridized carbons (Fsp3) is 0.867. The highest BCUT2D eigenvalue weighted by Gasteiger charge is 2.47. The van der Waals surface area contributed by atoms with Gasteiger partial charge in [-0.3, -0.25) is 9.59 Å². The van der Waals surface area contributed by atoms with Gasteiger partial charge >= 0.3 is 11.9 Å². The van der Waals surface area contributed by atoms with Gasteiger partial charge in [-0.2, -0.15) is 0 Å². The zero-order chi connectivity index (χ0) is 19.4. The van der Waals surface area contributed by atoms with E-state index >= 15 is 0 Å². The second kappa shape index (κ2) is 8.88. The van der Waals surface area contributed by atoms with Crippen molar-refractivity contribution >= 4 is 11.9 Å². The predicted molar refractivity (Wildman–Crippen MR) is 81.4 cm³/mol. The summed E-state index contributed by atoms with van der Waals surface area (Å²) in [5.74, 6) is -2.30. The number of aliphatic hydroxyl groups is 4. The summed E-state index contributed by atoms with van der Waals surface area (Å²) < 4.78 is 15.6. The molecule has 0 aromatic carbocycles. The van der Waals surface area contributed by atoms with Crippen LogP contribution in [0.2, 0.25) is 0 Å². The van der Waals surface area contributed by atoms with Crippen molar-refractivity contribution in [1.82, 2.24) is 0 Å². The average molecular weight is 366 g/mol. The molecular formula is C15H26O10. The van der Waals surface area contributed by atoms with Crippen LogP contribution >= 0.6 is 0 Å². The van der Waals surface area contributed by atoms with Gasteiger partial charge in [0.1, 0.15) is 18.3 Å². The summed E-state index contributed by atoms with van der Waals surface area (Å²) in [6, 6.07) is 0. The number of carbonyl (C=O) groups is 2.